The standard InChI is InChI=1S/C15H23N5O4/c1-4-6-19(9-11(21)22)7-5-8-20-14(23)12-13(16-10-17(12)2)18(3)15(20)24/h10H,4-9H2,1-3H3,(H,21,22). The predicted molar refractivity (Wildman–Crippen MR) is 89.2 cm³/mol. The molecular weight excluding hydrogens is 314 g/mol. The molecule has 0 fully saturated rings. The average molecular weight is 337 g/mol. The van der Waals surface area contributed by atoms with Gasteiger partial charge < -0.3 is 9.67 Å². The van der Waals surface area contributed by atoms with E-state index < -0.39 is 11.7 Å². The summed E-state index contributed by atoms with van der Waals surface area (Å²) in [4.78, 5) is 41.7. The first-order chi connectivity index (χ1) is 11.4. The summed E-state index contributed by atoms with van der Waals surface area (Å²) < 4.78 is 4.15. The maximum absolute atomic E-state index is 12.5. The van der Waals surface area contributed by atoms with E-state index >= 15 is 0 Å². The first-order valence-electron chi connectivity index (χ1n) is 7.91. The number of hydrogen-bond acceptors (Lipinski definition) is 5. The Labute approximate surface area is 138 Å². The number of nitrogens with zero attached hydrogens (tertiary/aromatic N) is 5. The summed E-state index contributed by atoms with van der Waals surface area (Å²) >= 11 is 0. The molecule has 0 spiro atoms. The van der Waals surface area contributed by atoms with Crippen LogP contribution in [0.15, 0.2) is 15.9 Å². The molecule has 0 saturated heterocycles. The van der Waals surface area contributed by atoms with Crippen LogP contribution in [0.2, 0.25) is 0 Å². The molecule has 24 heavy (non-hydrogen) atoms. The van der Waals surface area contributed by atoms with Gasteiger partial charge in [0.25, 0.3) is 5.56 Å². The van der Waals surface area contributed by atoms with Crippen LogP contribution in [0, 0.1) is 0 Å². The molecule has 2 aromatic heterocycles. The second kappa shape index (κ2) is 7.43. The molecule has 132 valence electrons. The molecule has 2 aromatic rings. The lowest BCUT2D eigenvalue weighted by Crippen LogP contribution is -2.40. The number of fused-ring (bicyclic) bond motifs is 1. The van der Waals surface area contributed by atoms with Crippen LogP contribution in [0.5, 0.6) is 0 Å². The SMILES string of the molecule is CCCN(CCCn1c(=O)c2c(ncn2C)n(C)c1=O)CC(=O)O. The second-order valence-electron chi connectivity index (χ2n) is 5.85. The van der Waals surface area contributed by atoms with Crippen LogP contribution in [0.3, 0.4) is 0 Å². The fraction of sp³-hybridized carbons (Fsp3) is 0.600. The number of aliphatic carboxylic acids is 1. The lowest BCUT2D eigenvalue weighted by Gasteiger charge is -2.19. The summed E-state index contributed by atoms with van der Waals surface area (Å²) in [5, 5.41) is 8.92. The molecule has 2 heterocycles. The molecule has 0 aliphatic heterocycles. The van der Waals surface area contributed by atoms with Gasteiger partial charge in [-0.15, -0.1) is 0 Å². The van der Waals surface area contributed by atoms with E-state index in [2.05, 4.69) is 4.98 Å². The fourth-order valence-electron chi connectivity index (χ4n) is 2.82. The third kappa shape index (κ3) is 3.56. The minimum atomic E-state index is -0.882. The summed E-state index contributed by atoms with van der Waals surface area (Å²) in [5.41, 5.74) is -0.0323. The van der Waals surface area contributed by atoms with Crippen LogP contribution in [0.25, 0.3) is 11.2 Å². The summed E-state index contributed by atoms with van der Waals surface area (Å²) in [7, 11) is 3.29. The largest absolute Gasteiger partial charge is 0.480 e. The quantitative estimate of drug-likeness (QED) is 0.704. The predicted octanol–water partition coefficient (Wildman–Crippen LogP) is -0.380. The first-order valence-corrected chi connectivity index (χ1v) is 7.91. The molecule has 0 aliphatic rings. The molecule has 9 heteroatoms. The topological polar surface area (TPSA) is 102 Å². The molecular formula is C15H23N5O4. The van der Waals surface area contributed by atoms with Crippen molar-refractivity contribution in [2.75, 3.05) is 19.6 Å². The number of carboxylic acid groups (broad SMARTS) is 1. The molecule has 0 aliphatic carbocycles. The molecule has 0 saturated carbocycles. The Morgan fingerprint density at radius 1 is 1.29 bits per heavy atom. The molecule has 0 atom stereocenters. The summed E-state index contributed by atoms with van der Waals surface area (Å²) in [6.45, 7) is 3.36. The highest BCUT2D eigenvalue weighted by molar-refractivity contribution is 5.69. The monoisotopic (exact) mass is 337 g/mol. The van der Waals surface area contributed by atoms with Gasteiger partial charge in [0.15, 0.2) is 11.2 Å². The highest BCUT2D eigenvalue weighted by atomic mass is 16.4. The van der Waals surface area contributed by atoms with Crippen LogP contribution in [0.4, 0.5) is 0 Å². The number of rotatable bonds is 8. The van der Waals surface area contributed by atoms with Gasteiger partial charge in [-0.1, -0.05) is 6.92 Å². The van der Waals surface area contributed by atoms with E-state index in [1.165, 1.54) is 15.5 Å². The maximum atomic E-state index is 12.5. The van der Waals surface area contributed by atoms with Gasteiger partial charge in [0.1, 0.15) is 0 Å². The van der Waals surface area contributed by atoms with E-state index in [0.717, 1.165) is 6.42 Å². The molecule has 1 N–H and O–H groups in total. The van der Waals surface area contributed by atoms with Gasteiger partial charge in [0.05, 0.1) is 12.9 Å². The van der Waals surface area contributed by atoms with E-state index in [0.29, 0.717) is 30.7 Å². The highest BCUT2D eigenvalue weighted by Gasteiger charge is 2.15. The van der Waals surface area contributed by atoms with E-state index in [1.54, 1.807) is 23.6 Å². The van der Waals surface area contributed by atoms with Crippen LogP contribution in [-0.4, -0.2) is 54.3 Å². The molecule has 0 bridgehead atoms. The zero-order chi connectivity index (χ0) is 17.9. The van der Waals surface area contributed by atoms with Gasteiger partial charge in [-0.3, -0.25) is 23.6 Å². The van der Waals surface area contributed by atoms with Crippen LogP contribution >= 0.6 is 0 Å². The number of carboxylic acids is 1. The molecule has 0 aromatic carbocycles. The Morgan fingerprint density at radius 2 is 2.00 bits per heavy atom. The van der Waals surface area contributed by atoms with Gasteiger partial charge in [-0.05, 0) is 19.4 Å². The van der Waals surface area contributed by atoms with Crippen molar-refractivity contribution in [2.45, 2.75) is 26.3 Å². The molecule has 0 radical (unpaired) electrons. The Morgan fingerprint density at radius 3 is 2.62 bits per heavy atom. The smallest absolute Gasteiger partial charge is 0.332 e. The van der Waals surface area contributed by atoms with Crippen molar-refractivity contribution in [1.82, 2.24) is 23.6 Å². The third-order valence-corrected chi connectivity index (χ3v) is 3.96. The highest BCUT2D eigenvalue weighted by Crippen LogP contribution is 2.03. The molecule has 0 unspecified atom stereocenters. The maximum Gasteiger partial charge on any atom is 0.332 e. The van der Waals surface area contributed by atoms with E-state index in [9.17, 15) is 14.4 Å². The first kappa shape index (κ1) is 17.9. The van der Waals surface area contributed by atoms with E-state index in [4.69, 9.17) is 5.11 Å². The fourth-order valence-corrected chi connectivity index (χ4v) is 2.82. The lowest BCUT2D eigenvalue weighted by atomic mass is 10.3. The van der Waals surface area contributed by atoms with Crippen molar-refractivity contribution in [3.8, 4) is 0 Å². The molecule has 9 nitrogen and oxygen atoms in total. The zero-order valence-corrected chi connectivity index (χ0v) is 14.2. The Balaban J connectivity index is 2.21. The van der Waals surface area contributed by atoms with Crippen molar-refractivity contribution >= 4 is 17.1 Å². The number of aryl methyl sites for hydroxylation is 2. The number of aromatic nitrogens is 4. The molecule has 0 amide bonds. The minimum Gasteiger partial charge on any atom is -0.480 e. The lowest BCUT2D eigenvalue weighted by molar-refractivity contribution is -0.138. The molecule has 2 rings (SSSR count). The number of hydrogen-bond donors (Lipinski definition) is 1. The third-order valence-electron chi connectivity index (χ3n) is 3.96. The average Bonchev–Trinajstić information content (AvgIpc) is 2.90. The van der Waals surface area contributed by atoms with E-state index in [1.807, 2.05) is 6.92 Å². The zero-order valence-electron chi connectivity index (χ0n) is 14.2. The van der Waals surface area contributed by atoms with Crippen LogP contribution in [0.1, 0.15) is 19.8 Å². The number of carbonyl (C=O) groups is 1. The van der Waals surface area contributed by atoms with Crippen LogP contribution in [-0.2, 0) is 25.4 Å². The van der Waals surface area contributed by atoms with Crippen molar-refractivity contribution in [1.29, 1.82) is 0 Å². The van der Waals surface area contributed by atoms with Crippen molar-refractivity contribution in [2.24, 2.45) is 14.1 Å². The van der Waals surface area contributed by atoms with Crippen LogP contribution < -0.4 is 11.2 Å². The second-order valence-corrected chi connectivity index (χ2v) is 5.85. The van der Waals surface area contributed by atoms with Gasteiger partial charge >= 0.3 is 11.7 Å². The Kier molecular flexibility index (Phi) is 5.55. The van der Waals surface area contributed by atoms with Gasteiger partial charge in [-0.2, -0.15) is 0 Å². The Bertz CT molecular complexity index is 848. The summed E-state index contributed by atoms with van der Waals surface area (Å²) in [5.74, 6) is -0.882. The van der Waals surface area contributed by atoms with Crippen molar-refractivity contribution < 1.29 is 9.90 Å². The van der Waals surface area contributed by atoms with Crippen molar-refractivity contribution in [3.63, 3.8) is 0 Å². The van der Waals surface area contributed by atoms with Gasteiger partial charge in [-0.25, -0.2) is 9.78 Å². The van der Waals surface area contributed by atoms with Gasteiger partial charge in [0, 0.05) is 27.2 Å². The van der Waals surface area contributed by atoms with Crippen molar-refractivity contribution in [3.05, 3.63) is 27.2 Å². The Hall–Kier alpha value is -2.42. The summed E-state index contributed by atoms with van der Waals surface area (Å²) in [6, 6.07) is 0. The minimum absolute atomic E-state index is 0.0402. The van der Waals surface area contributed by atoms with Gasteiger partial charge in [0.2, 0.25) is 0 Å². The van der Waals surface area contributed by atoms with E-state index in [-0.39, 0.29) is 18.6 Å². The summed E-state index contributed by atoms with van der Waals surface area (Å²) in [6.07, 6.45) is 2.87. The normalized spacial score (nSPS) is 11.5. The number of imidazole rings is 1.